The number of anilines is 1. The Balaban J connectivity index is 2.00. The van der Waals surface area contributed by atoms with E-state index >= 15 is 0 Å². The van der Waals surface area contributed by atoms with Crippen LogP contribution in [0.15, 0.2) is 48.8 Å². The lowest BCUT2D eigenvalue weighted by Crippen LogP contribution is -2.45. The van der Waals surface area contributed by atoms with E-state index in [0.717, 1.165) is 11.8 Å². The van der Waals surface area contributed by atoms with Crippen molar-refractivity contribution in [2.24, 2.45) is 5.92 Å². The van der Waals surface area contributed by atoms with Crippen molar-refractivity contribution in [2.45, 2.75) is 12.5 Å². The number of methoxy groups -OCH3 is 2. The Bertz CT molecular complexity index is 971. The van der Waals surface area contributed by atoms with E-state index in [1.807, 2.05) is 0 Å². The maximum absolute atomic E-state index is 12.7. The van der Waals surface area contributed by atoms with Crippen LogP contribution in [0.1, 0.15) is 16.8 Å². The minimum absolute atomic E-state index is 0.0719. The van der Waals surface area contributed by atoms with Crippen molar-refractivity contribution in [3.63, 3.8) is 0 Å². The first-order valence-electron chi connectivity index (χ1n) is 9.87. The number of rotatable bonds is 12. The minimum Gasteiger partial charge on any atom is -0.495 e. The first kappa shape index (κ1) is 25.7. The second kappa shape index (κ2) is 13.1. The first-order chi connectivity index (χ1) is 15.8. The standard InChI is InChI=1S/C22H25N3O7S/c1-31-18-8-4-3-7-16(18)24-22(30)25-17(21(29)32-2)13-33-12-15(10-19(26)27)20(28)14-6-5-9-23-11-14/h3-9,11,15,17H,10,12-13H2,1-2H3,(H,26,27)(H2,24,25,30)/t15?,17-/m1/s1. The number of ether oxygens (including phenoxy) is 2. The van der Waals surface area contributed by atoms with Gasteiger partial charge in [0.2, 0.25) is 0 Å². The number of carbonyl (C=O) groups excluding carboxylic acids is 3. The number of nitrogens with zero attached hydrogens (tertiary/aromatic N) is 1. The molecule has 0 bridgehead atoms. The number of carboxylic acids is 1. The van der Waals surface area contributed by atoms with Gasteiger partial charge in [0, 0.05) is 35.4 Å². The van der Waals surface area contributed by atoms with Crippen molar-refractivity contribution >= 4 is 41.2 Å². The number of urea groups is 1. The van der Waals surface area contributed by atoms with Gasteiger partial charge in [0.05, 0.1) is 26.3 Å². The lowest BCUT2D eigenvalue weighted by Gasteiger charge is -2.19. The van der Waals surface area contributed by atoms with Gasteiger partial charge < -0.3 is 25.2 Å². The quantitative estimate of drug-likeness (QED) is 0.311. The number of ketones is 1. The number of aromatic nitrogens is 1. The van der Waals surface area contributed by atoms with Crippen LogP contribution in [-0.4, -0.2) is 65.6 Å². The van der Waals surface area contributed by atoms with Gasteiger partial charge in [0.25, 0.3) is 0 Å². The summed E-state index contributed by atoms with van der Waals surface area (Å²) < 4.78 is 9.94. The van der Waals surface area contributed by atoms with Crippen molar-refractivity contribution in [1.29, 1.82) is 0 Å². The predicted octanol–water partition coefficient (Wildman–Crippen LogP) is 2.46. The van der Waals surface area contributed by atoms with E-state index in [-0.39, 0.29) is 23.7 Å². The summed E-state index contributed by atoms with van der Waals surface area (Å²) in [6, 6.07) is 8.26. The van der Waals surface area contributed by atoms with Crippen LogP contribution in [0.25, 0.3) is 0 Å². The topological polar surface area (TPSA) is 144 Å². The Kier molecular flexibility index (Phi) is 10.2. The van der Waals surface area contributed by atoms with Crippen LogP contribution < -0.4 is 15.4 Å². The number of aliphatic carboxylic acids is 1. The molecule has 0 aliphatic heterocycles. The molecule has 176 valence electrons. The van der Waals surface area contributed by atoms with E-state index in [1.54, 1.807) is 36.4 Å². The van der Waals surface area contributed by atoms with Gasteiger partial charge in [-0.05, 0) is 24.3 Å². The maximum Gasteiger partial charge on any atom is 0.329 e. The van der Waals surface area contributed by atoms with Crippen molar-refractivity contribution in [3.05, 3.63) is 54.4 Å². The molecule has 3 N–H and O–H groups in total. The highest BCUT2D eigenvalue weighted by Crippen LogP contribution is 2.23. The normalized spacial score (nSPS) is 12.2. The van der Waals surface area contributed by atoms with E-state index < -0.39 is 29.9 Å². The van der Waals surface area contributed by atoms with Gasteiger partial charge in [0.1, 0.15) is 11.8 Å². The fraction of sp³-hybridized carbons (Fsp3) is 0.318. The zero-order valence-corrected chi connectivity index (χ0v) is 19.0. The highest BCUT2D eigenvalue weighted by Gasteiger charge is 2.26. The summed E-state index contributed by atoms with van der Waals surface area (Å²) >= 11 is 1.16. The van der Waals surface area contributed by atoms with Gasteiger partial charge in [-0.1, -0.05) is 12.1 Å². The molecule has 0 fully saturated rings. The maximum atomic E-state index is 12.7. The van der Waals surface area contributed by atoms with Crippen LogP contribution in [-0.2, 0) is 14.3 Å². The number of para-hydroxylation sites is 2. The number of hydrogen-bond acceptors (Lipinski definition) is 8. The number of Topliss-reactive ketones (excluding diaryl/α,β-unsaturated/α-hetero) is 1. The zero-order chi connectivity index (χ0) is 24.2. The molecule has 1 unspecified atom stereocenters. The number of hydrogen-bond donors (Lipinski definition) is 3. The SMILES string of the molecule is COC(=O)[C@@H](CSCC(CC(=O)O)C(=O)c1cccnc1)NC(=O)Nc1ccccc1OC. The van der Waals surface area contributed by atoms with Crippen molar-refractivity contribution in [2.75, 3.05) is 31.0 Å². The van der Waals surface area contributed by atoms with Crippen LogP contribution in [0.3, 0.4) is 0 Å². The smallest absolute Gasteiger partial charge is 0.329 e. The molecule has 10 nitrogen and oxygen atoms in total. The lowest BCUT2D eigenvalue weighted by atomic mass is 9.97. The van der Waals surface area contributed by atoms with Gasteiger partial charge in [-0.3, -0.25) is 14.6 Å². The van der Waals surface area contributed by atoms with Gasteiger partial charge >= 0.3 is 18.0 Å². The minimum atomic E-state index is -1.11. The van der Waals surface area contributed by atoms with Gasteiger partial charge in [-0.2, -0.15) is 11.8 Å². The predicted molar refractivity (Wildman–Crippen MR) is 123 cm³/mol. The average Bonchev–Trinajstić information content (AvgIpc) is 2.82. The Morgan fingerprint density at radius 1 is 1.09 bits per heavy atom. The van der Waals surface area contributed by atoms with Gasteiger partial charge in [0.15, 0.2) is 5.78 Å². The number of thioether (sulfide) groups is 1. The number of nitrogens with one attached hydrogen (secondary N) is 2. The molecule has 1 aromatic heterocycles. The number of carbonyl (C=O) groups is 4. The number of esters is 1. The summed E-state index contributed by atoms with van der Waals surface area (Å²) in [5.41, 5.74) is 0.723. The molecule has 2 atom stereocenters. The van der Waals surface area contributed by atoms with E-state index in [0.29, 0.717) is 17.0 Å². The molecule has 2 aromatic rings. The van der Waals surface area contributed by atoms with Crippen LogP contribution in [0.5, 0.6) is 5.75 Å². The van der Waals surface area contributed by atoms with E-state index in [1.165, 1.54) is 26.6 Å². The summed E-state index contributed by atoms with van der Waals surface area (Å²) in [6.07, 6.45) is 2.52. The second-order valence-corrected chi connectivity index (χ2v) is 7.89. The molecular weight excluding hydrogens is 450 g/mol. The fourth-order valence-corrected chi connectivity index (χ4v) is 4.03. The average molecular weight is 476 g/mol. The number of pyridine rings is 1. The Morgan fingerprint density at radius 3 is 2.48 bits per heavy atom. The lowest BCUT2D eigenvalue weighted by molar-refractivity contribution is -0.142. The molecule has 33 heavy (non-hydrogen) atoms. The summed E-state index contributed by atoms with van der Waals surface area (Å²) in [4.78, 5) is 52.4. The third-order valence-corrected chi connectivity index (χ3v) is 5.69. The Labute approximate surface area is 195 Å². The van der Waals surface area contributed by atoms with Gasteiger partial charge in [-0.25, -0.2) is 9.59 Å². The molecule has 0 radical (unpaired) electrons. The number of benzene rings is 1. The molecule has 2 rings (SSSR count). The molecule has 0 saturated carbocycles. The van der Waals surface area contributed by atoms with E-state index in [2.05, 4.69) is 15.6 Å². The largest absolute Gasteiger partial charge is 0.495 e. The van der Waals surface area contributed by atoms with Crippen molar-refractivity contribution in [3.8, 4) is 5.75 Å². The van der Waals surface area contributed by atoms with Crippen molar-refractivity contribution < 1.29 is 33.8 Å². The molecule has 0 spiro atoms. The Morgan fingerprint density at radius 2 is 1.85 bits per heavy atom. The summed E-state index contributed by atoms with van der Waals surface area (Å²) in [7, 11) is 2.66. The first-order valence-corrected chi connectivity index (χ1v) is 11.0. The van der Waals surface area contributed by atoms with E-state index in [4.69, 9.17) is 9.47 Å². The summed E-state index contributed by atoms with van der Waals surface area (Å²) in [5.74, 6) is -2.32. The fourth-order valence-electron chi connectivity index (χ4n) is 2.89. The molecule has 0 aliphatic carbocycles. The van der Waals surface area contributed by atoms with E-state index in [9.17, 15) is 24.3 Å². The highest BCUT2D eigenvalue weighted by atomic mass is 32.2. The second-order valence-electron chi connectivity index (χ2n) is 6.81. The number of amides is 2. The molecule has 11 heteroatoms. The number of carboxylic acid groups (broad SMARTS) is 1. The summed E-state index contributed by atoms with van der Waals surface area (Å²) in [5, 5.41) is 14.3. The molecule has 1 heterocycles. The van der Waals surface area contributed by atoms with Crippen LogP contribution >= 0.6 is 11.8 Å². The molecule has 0 aliphatic rings. The molecular formula is C22H25N3O7S. The van der Waals surface area contributed by atoms with Gasteiger partial charge in [-0.15, -0.1) is 0 Å². The van der Waals surface area contributed by atoms with Crippen LogP contribution in [0.2, 0.25) is 0 Å². The third kappa shape index (κ3) is 8.11. The zero-order valence-electron chi connectivity index (χ0n) is 18.1. The Hall–Kier alpha value is -3.60. The molecule has 2 amide bonds. The van der Waals surface area contributed by atoms with Crippen LogP contribution in [0, 0.1) is 5.92 Å². The third-order valence-electron chi connectivity index (χ3n) is 4.49. The highest BCUT2D eigenvalue weighted by molar-refractivity contribution is 7.99. The monoisotopic (exact) mass is 475 g/mol. The molecule has 0 saturated heterocycles. The van der Waals surface area contributed by atoms with Crippen LogP contribution in [0.4, 0.5) is 10.5 Å². The molecule has 1 aromatic carbocycles. The van der Waals surface area contributed by atoms with Crippen molar-refractivity contribution in [1.82, 2.24) is 10.3 Å². The summed E-state index contributed by atoms with van der Waals surface area (Å²) in [6.45, 7) is 0.